The van der Waals surface area contributed by atoms with E-state index in [0.717, 1.165) is 18.2 Å². The number of para-hydroxylation sites is 1. The molecule has 0 aliphatic heterocycles. The van der Waals surface area contributed by atoms with Gasteiger partial charge in [0.05, 0.1) is 6.26 Å². The van der Waals surface area contributed by atoms with Crippen molar-refractivity contribution in [2.75, 3.05) is 6.26 Å². The van der Waals surface area contributed by atoms with Crippen LogP contribution in [0.2, 0.25) is 0 Å². The Morgan fingerprint density at radius 2 is 1.93 bits per heavy atom. The van der Waals surface area contributed by atoms with Crippen LogP contribution in [0.15, 0.2) is 24.3 Å². The van der Waals surface area contributed by atoms with Crippen molar-refractivity contribution >= 4 is 10.1 Å². The third-order valence-corrected chi connectivity index (χ3v) is 2.79. The Labute approximate surface area is 91.2 Å². The molecule has 0 amide bonds. The molecule has 15 heavy (non-hydrogen) atoms. The summed E-state index contributed by atoms with van der Waals surface area (Å²) in [5.41, 5.74) is 0.936. The number of hydrogen-bond donors (Lipinski definition) is 0. The smallest absolute Gasteiger partial charge is 0.306 e. The van der Waals surface area contributed by atoms with Crippen molar-refractivity contribution in [3.63, 3.8) is 0 Å². The van der Waals surface area contributed by atoms with Gasteiger partial charge in [0.2, 0.25) is 0 Å². The Hall–Kier alpha value is -1.03. The molecule has 0 bridgehead atoms. The van der Waals surface area contributed by atoms with Crippen LogP contribution in [0.5, 0.6) is 5.75 Å². The molecule has 1 aromatic carbocycles. The molecule has 0 saturated heterocycles. The Morgan fingerprint density at radius 1 is 1.33 bits per heavy atom. The molecule has 1 aromatic rings. The highest BCUT2D eigenvalue weighted by atomic mass is 32.2. The summed E-state index contributed by atoms with van der Waals surface area (Å²) in [6, 6.07) is 7.24. The maximum Gasteiger partial charge on any atom is 0.306 e. The second-order valence-corrected chi connectivity index (χ2v) is 5.21. The molecule has 84 valence electrons. The average molecular weight is 228 g/mol. The molecule has 0 aromatic heterocycles. The normalized spacial score (nSPS) is 13.5. The second-order valence-electron chi connectivity index (χ2n) is 3.63. The van der Waals surface area contributed by atoms with Gasteiger partial charge in [-0.15, -0.1) is 0 Å². The van der Waals surface area contributed by atoms with Crippen LogP contribution in [0.3, 0.4) is 0 Å². The summed E-state index contributed by atoms with van der Waals surface area (Å²) in [6.07, 6.45) is 2.00. The van der Waals surface area contributed by atoms with Crippen molar-refractivity contribution in [2.45, 2.75) is 26.2 Å². The molecule has 0 saturated carbocycles. The van der Waals surface area contributed by atoms with Crippen molar-refractivity contribution in [3.05, 3.63) is 29.8 Å². The van der Waals surface area contributed by atoms with E-state index >= 15 is 0 Å². The largest absolute Gasteiger partial charge is 0.382 e. The van der Waals surface area contributed by atoms with Crippen LogP contribution in [-0.4, -0.2) is 14.7 Å². The maximum atomic E-state index is 11.0. The van der Waals surface area contributed by atoms with E-state index in [2.05, 4.69) is 6.92 Å². The fourth-order valence-corrected chi connectivity index (χ4v) is 1.82. The minimum atomic E-state index is -3.44. The van der Waals surface area contributed by atoms with Crippen LogP contribution in [0, 0.1) is 0 Å². The van der Waals surface area contributed by atoms with Gasteiger partial charge in [0.1, 0.15) is 5.75 Å². The fraction of sp³-hybridized carbons (Fsp3) is 0.455. The summed E-state index contributed by atoms with van der Waals surface area (Å²) in [4.78, 5) is 0. The first-order chi connectivity index (χ1) is 6.94. The molecular weight excluding hydrogens is 212 g/mol. The van der Waals surface area contributed by atoms with E-state index in [1.54, 1.807) is 12.1 Å². The highest BCUT2D eigenvalue weighted by Crippen LogP contribution is 2.28. The van der Waals surface area contributed by atoms with Gasteiger partial charge >= 0.3 is 10.1 Å². The molecule has 4 heteroatoms. The lowest BCUT2D eigenvalue weighted by molar-refractivity contribution is 0.486. The van der Waals surface area contributed by atoms with Gasteiger partial charge in [-0.1, -0.05) is 32.0 Å². The topological polar surface area (TPSA) is 43.4 Å². The highest BCUT2D eigenvalue weighted by Gasteiger charge is 2.12. The van der Waals surface area contributed by atoms with Crippen molar-refractivity contribution in [3.8, 4) is 5.75 Å². The van der Waals surface area contributed by atoms with Gasteiger partial charge in [-0.3, -0.25) is 0 Å². The molecule has 1 rings (SSSR count). The number of hydrogen-bond acceptors (Lipinski definition) is 3. The van der Waals surface area contributed by atoms with E-state index in [1.807, 2.05) is 19.1 Å². The number of benzene rings is 1. The maximum absolute atomic E-state index is 11.0. The lowest BCUT2D eigenvalue weighted by Gasteiger charge is -2.13. The number of rotatable bonds is 4. The third-order valence-electron chi connectivity index (χ3n) is 2.30. The zero-order valence-electron chi connectivity index (χ0n) is 9.23. The summed E-state index contributed by atoms with van der Waals surface area (Å²) in [5, 5.41) is 0. The Morgan fingerprint density at radius 3 is 2.47 bits per heavy atom. The van der Waals surface area contributed by atoms with Crippen LogP contribution in [0.25, 0.3) is 0 Å². The zero-order chi connectivity index (χ0) is 11.5. The van der Waals surface area contributed by atoms with Gasteiger partial charge in [-0.25, -0.2) is 0 Å². The van der Waals surface area contributed by atoms with Crippen LogP contribution >= 0.6 is 0 Å². The lowest BCUT2D eigenvalue weighted by Crippen LogP contribution is -2.08. The van der Waals surface area contributed by atoms with Crippen molar-refractivity contribution < 1.29 is 12.6 Å². The standard InChI is InChI=1S/C11H16O3S/c1-4-9(2)10-7-5-6-8-11(10)14-15(3,12)13/h5-9H,4H2,1-3H3. The minimum Gasteiger partial charge on any atom is -0.382 e. The van der Waals surface area contributed by atoms with Crippen molar-refractivity contribution in [1.29, 1.82) is 0 Å². The minimum absolute atomic E-state index is 0.294. The molecule has 0 N–H and O–H groups in total. The van der Waals surface area contributed by atoms with E-state index in [4.69, 9.17) is 4.18 Å². The Kier molecular flexibility index (Phi) is 3.74. The summed E-state index contributed by atoms with van der Waals surface area (Å²) in [7, 11) is -3.44. The van der Waals surface area contributed by atoms with Crippen LogP contribution < -0.4 is 4.18 Å². The van der Waals surface area contributed by atoms with Crippen LogP contribution in [-0.2, 0) is 10.1 Å². The Balaban J connectivity index is 3.07. The fourth-order valence-electron chi connectivity index (χ4n) is 1.35. The summed E-state index contributed by atoms with van der Waals surface area (Å²) in [5.74, 6) is 0.734. The summed E-state index contributed by atoms with van der Waals surface area (Å²) >= 11 is 0. The van der Waals surface area contributed by atoms with Crippen LogP contribution in [0.4, 0.5) is 0 Å². The first-order valence-corrected chi connectivity index (χ1v) is 6.74. The van der Waals surface area contributed by atoms with E-state index < -0.39 is 10.1 Å². The lowest BCUT2D eigenvalue weighted by atomic mass is 9.98. The van der Waals surface area contributed by atoms with Crippen molar-refractivity contribution in [2.24, 2.45) is 0 Å². The molecule has 0 spiro atoms. The summed E-state index contributed by atoms with van der Waals surface area (Å²) in [6.45, 7) is 4.10. The molecule has 0 radical (unpaired) electrons. The molecular formula is C11H16O3S. The van der Waals surface area contributed by atoms with Gasteiger partial charge in [0.25, 0.3) is 0 Å². The highest BCUT2D eigenvalue weighted by molar-refractivity contribution is 7.86. The van der Waals surface area contributed by atoms with E-state index in [9.17, 15) is 8.42 Å². The quantitative estimate of drug-likeness (QED) is 0.744. The van der Waals surface area contributed by atoms with E-state index in [0.29, 0.717) is 11.7 Å². The average Bonchev–Trinajstić information content (AvgIpc) is 2.15. The van der Waals surface area contributed by atoms with E-state index in [-0.39, 0.29) is 0 Å². The monoisotopic (exact) mass is 228 g/mol. The van der Waals surface area contributed by atoms with Crippen molar-refractivity contribution in [1.82, 2.24) is 0 Å². The molecule has 1 unspecified atom stereocenters. The van der Waals surface area contributed by atoms with Gasteiger partial charge in [0.15, 0.2) is 0 Å². The predicted octanol–water partition coefficient (Wildman–Crippen LogP) is 2.54. The molecule has 0 heterocycles. The first-order valence-electron chi connectivity index (χ1n) is 4.92. The van der Waals surface area contributed by atoms with Crippen LogP contribution in [0.1, 0.15) is 31.7 Å². The second kappa shape index (κ2) is 4.66. The first kappa shape index (κ1) is 12.0. The molecule has 0 aliphatic rings. The van der Waals surface area contributed by atoms with Gasteiger partial charge in [-0.05, 0) is 24.0 Å². The Bertz CT molecular complexity index is 423. The molecule has 3 nitrogen and oxygen atoms in total. The molecule has 0 fully saturated rings. The summed E-state index contributed by atoms with van der Waals surface area (Å²) < 4.78 is 27.0. The van der Waals surface area contributed by atoms with Gasteiger partial charge in [0, 0.05) is 0 Å². The molecule has 0 aliphatic carbocycles. The van der Waals surface area contributed by atoms with E-state index in [1.165, 1.54) is 0 Å². The SMILES string of the molecule is CCC(C)c1ccccc1OS(C)(=O)=O. The van der Waals surface area contributed by atoms with Gasteiger partial charge in [-0.2, -0.15) is 8.42 Å². The third kappa shape index (κ3) is 3.55. The molecule has 1 atom stereocenters. The predicted molar refractivity (Wildman–Crippen MR) is 60.6 cm³/mol. The van der Waals surface area contributed by atoms with Gasteiger partial charge < -0.3 is 4.18 Å². The zero-order valence-corrected chi connectivity index (χ0v) is 10.0.